The van der Waals surface area contributed by atoms with Crippen molar-refractivity contribution in [3.63, 3.8) is 0 Å². The van der Waals surface area contributed by atoms with Crippen LogP contribution in [0.1, 0.15) is 29.0 Å². The number of rotatable bonds is 3. The monoisotopic (exact) mass is 417 g/mol. The van der Waals surface area contributed by atoms with Gasteiger partial charge < -0.3 is 23.9 Å². The Morgan fingerprint density at radius 2 is 1.71 bits per heavy atom. The highest BCUT2D eigenvalue weighted by Crippen LogP contribution is 2.33. The van der Waals surface area contributed by atoms with Crippen molar-refractivity contribution in [3.05, 3.63) is 70.1 Å². The lowest BCUT2D eigenvalue weighted by atomic mass is 10.1. The Balaban J connectivity index is 1.52. The van der Waals surface area contributed by atoms with Crippen molar-refractivity contribution in [2.45, 2.75) is 13.0 Å². The van der Waals surface area contributed by atoms with Gasteiger partial charge in [0.25, 0.3) is 11.5 Å². The molecule has 0 spiro atoms. The number of carbonyl (C=O) groups is 1. The largest absolute Gasteiger partial charge is 0.486 e. The van der Waals surface area contributed by atoms with Crippen molar-refractivity contribution in [3.8, 4) is 11.5 Å². The molecule has 0 unspecified atom stereocenters. The first kappa shape index (κ1) is 19.2. The standard InChI is InChI=1S/C24H23N3O4/c1-14(15-8-9-20-21(12-15)31-11-10-30-20)25-23(28)19-13-17-22(26(19)2)16-6-4-5-7-18(16)27(3)24(17)29/h4-9,12-14H,10-11H2,1-3H3,(H,25,28)/t14-/m0/s1. The molecule has 31 heavy (non-hydrogen) atoms. The molecule has 1 N–H and O–H groups in total. The summed E-state index contributed by atoms with van der Waals surface area (Å²) in [6.07, 6.45) is 0. The molecule has 7 nitrogen and oxygen atoms in total. The third kappa shape index (κ3) is 3.04. The van der Waals surface area contributed by atoms with Crippen molar-refractivity contribution in [2.75, 3.05) is 13.2 Å². The van der Waals surface area contributed by atoms with Gasteiger partial charge in [-0.15, -0.1) is 0 Å². The van der Waals surface area contributed by atoms with Crippen LogP contribution in [0.2, 0.25) is 0 Å². The number of amides is 1. The summed E-state index contributed by atoms with van der Waals surface area (Å²) in [4.78, 5) is 26.0. The van der Waals surface area contributed by atoms with Gasteiger partial charge in [0.2, 0.25) is 0 Å². The van der Waals surface area contributed by atoms with E-state index in [0.717, 1.165) is 22.0 Å². The molecule has 0 radical (unpaired) electrons. The predicted octanol–water partition coefficient (Wildman–Crippen LogP) is 3.29. The number of aromatic nitrogens is 2. The third-order valence-electron chi connectivity index (χ3n) is 5.93. The Morgan fingerprint density at radius 3 is 2.52 bits per heavy atom. The lowest BCUT2D eigenvalue weighted by Crippen LogP contribution is -2.28. The van der Waals surface area contributed by atoms with Crippen molar-refractivity contribution < 1.29 is 14.3 Å². The number of benzene rings is 2. The fraction of sp³-hybridized carbons (Fsp3) is 0.250. The second-order valence-corrected chi connectivity index (χ2v) is 7.83. The molecule has 5 rings (SSSR count). The maximum atomic E-state index is 13.1. The first-order valence-corrected chi connectivity index (χ1v) is 10.2. The Kier molecular flexibility index (Phi) is 4.46. The lowest BCUT2D eigenvalue weighted by molar-refractivity contribution is 0.0932. The van der Waals surface area contributed by atoms with Gasteiger partial charge in [0.15, 0.2) is 11.5 Å². The number of hydrogen-bond donors (Lipinski definition) is 1. The maximum Gasteiger partial charge on any atom is 0.268 e. The normalized spacial score (nSPS) is 14.0. The quantitative estimate of drug-likeness (QED) is 0.555. The van der Waals surface area contributed by atoms with E-state index < -0.39 is 0 Å². The minimum Gasteiger partial charge on any atom is -0.486 e. The minimum absolute atomic E-state index is 0.122. The van der Waals surface area contributed by atoms with Crippen molar-refractivity contribution in [1.29, 1.82) is 0 Å². The van der Waals surface area contributed by atoms with E-state index >= 15 is 0 Å². The summed E-state index contributed by atoms with van der Waals surface area (Å²) in [5, 5.41) is 4.50. The van der Waals surface area contributed by atoms with Crippen LogP contribution in [0, 0.1) is 0 Å². The Labute approximate surface area is 178 Å². The number of fused-ring (bicyclic) bond motifs is 4. The molecule has 1 atom stereocenters. The molecule has 0 saturated heterocycles. The summed E-state index contributed by atoms with van der Waals surface area (Å²) in [5.41, 5.74) is 2.82. The molecular weight excluding hydrogens is 394 g/mol. The highest BCUT2D eigenvalue weighted by atomic mass is 16.6. The SMILES string of the molecule is C[C@H](NC(=O)c1cc2c(=O)n(C)c3ccccc3c2n1C)c1ccc2c(c1)OCCO2. The van der Waals surface area contributed by atoms with Crippen LogP contribution < -0.4 is 20.3 Å². The van der Waals surface area contributed by atoms with E-state index in [1.807, 2.05) is 56.4 Å². The number of ether oxygens (including phenoxy) is 2. The van der Waals surface area contributed by atoms with Gasteiger partial charge in [-0.3, -0.25) is 9.59 Å². The Morgan fingerprint density at radius 1 is 0.968 bits per heavy atom. The number of aryl methyl sites for hydroxylation is 2. The van der Waals surface area contributed by atoms with Gasteiger partial charge in [-0.05, 0) is 36.8 Å². The van der Waals surface area contributed by atoms with Crippen LogP contribution in [0.4, 0.5) is 0 Å². The summed E-state index contributed by atoms with van der Waals surface area (Å²) < 4.78 is 14.6. The maximum absolute atomic E-state index is 13.1. The molecule has 1 aliphatic rings. The van der Waals surface area contributed by atoms with Gasteiger partial charge in [-0.1, -0.05) is 24.3 Å². The molecule has 2 aromatic heterocycles. The fourth-order valence-corrected chi connectivity index (χ4v) is 4.25. The van der Waals surface area contributed by atoms with Gasteiger partial charge in [-0.25, -0.2) is 0 Å². The third-order valence-corrected chi connectivity index (χ3v) is 5.93. The van der Waals surface area contributed by atoms with Crippen molar-refractivity contribution in [2.24, 2.45) is 14.1 Å². The topological polar surface area (TPSA) is 74.5 Å². The van der Waals surface area contributed by atoms with Crippen LogP contribution in [0.3, 0.4) is 0 Å². The molecular formula is C24H23N3O4. The molecule has 2 aromatic carbocycles. The van der Waals surface area contributed by atoms with Gasteiger partial charge in [-0.2, -0.15) is 0 Å². The van der Waals surface area contributed by atoms with Crippen LogP contribution in [-0.4, -0.2) is 28.3 Å². The number of nitrogens with zero attached hydrogens (tertiary/aromatic N) is 2. The van der Waals surface area contributed by atoms with Crippen molar-refractivity contribution in [1.82, 2.24) is 14.5 Å². The van der Waals surface area contributed by atoms with Crippen LogP contribution in [0.25, 0.3) is 21.8 Å². The zero-order valence-corrected chi connectivity index (χ0v) is 17.6. The molecule has 0 saturated carbocycles. The van der Waals surface area contributed by atoms with E-state index in [0.29, 0.717) is 35.8 Å². The van der Waals surface area contributed by atoms with E-state index in [2.05, 4.69) is 5.32 Å². The van der Waals surface area contributed by atoms with Crippen LogP contribution in [0.5, 0.6) is 11.5 Å². The smallest absolute Gasteiger partial charge is 0.268 e. The first-order chi connectivity index (χ1) is 15.0. The fourth-order valence-electron chi connectivity index (χ4n) is 4.25. The number of hydrogen-bond acceptors (Lipinski definition) is 4. The average Bonchev–Trinajstić information content (AvgIpc) is 3.14. The van der Waals surface area contributed by atoms with Gasteiger partial charge >= 0.3 is 0 Å². The van der Waals surface area contributed by atoms with Gasteiger partial charge in [0, 0.05) is 19.5 Å². The molecule has 0 aliphatic carbocycles. The molecule has 7 heteroatoms. The molecule has 158 valence electrons. The Hall–Kier alpha value is -3.74. The number of nitrogens with one attached hydrogen (secondary N) is 1. The summed E-state index contributed by atoms with van der Waals surface area (Å²) in [7, 11) is 3.57. The molecule has 0 bridgehead atoms. The van der Waals surface area contributed by atoms with Crippen molar-refractivity contribution >= 4 is 27.7 Å². The summed E-state index contributed by atoms with van der Waals surface area (Å²) in [6.45, 7) is 2.96. The number of para-hydroxylation sites is 1. The zero-order chi connectivity index (χ0) is 21.7. The second-order valence-electron chi connectivity index (χ2n) is 7.83. The minimum atomic E-state index is -0.249. The van der Waals surface area contributed by atoms with Crippen LogP contribution >= 0.6 is 0 Å². The summed E-state index contributed by atoms with van der Waals surface area (Å²) in [5.74, 6) is 1.15. The highest BCUT2D eigenvalue weighted by Gasteiger charge is 2.21. The molecule has 1 amide bonds. The molecule has 4 aromatic rings. The van der Waals surface area contributed by atoms with E-state index in [4.69, 9.17) is 9.47 Å². The highest BCUT2D eigenvalue weighted by molar-refractivity contribution is 6.08. The van der Waals surface area contributed by atoms with E-state index in [1.165, 1.54) is 0 Å². The molecule has 3 heterocycles. The number of carbonyl (C=O) groups excluding carboxylic acids is 1. The van der Waals surface area contributed by atoms with Crippen LogP contribution in [0.15, 0.2) is 53.3 Å². The van der Waals surface area contributed by atoms with Crippen LogP contribution in [-0.2, 0) is 14.1 Å². The average molecular weight is 417 g/mol. The van der Waals surface area contributed by atoms with Gasteiger partial charge in [0.1, 0.15) is 18.9 Å². The van der Waals surface area contributed by atoms with Gasteiger partial charge in [0.05, 0.1) is 22.5 Å². The molecule has 1 aliphatic heterocycles. The zero-order valence-electron chi connectivity index (χ0n) is 17.6. The van der Waals surface area contributed by atoms with E-state index in [-0.39, 0.29) is 17.5 Å². The Bertz CT molecular complexity index is 1400. The number of pyridine rings is 1. The first-order valence-electron chi connectivity index (χ1n) is 10.2. The van der Waals surface area contributed by atoms with E-state index in [9.17, 15) is 9.59 Å². The summed E-state index contributed by atoms with van der Waals surface area (Å²) >= 11 is 0. The second kappa shape index (κ2) is 7.19. The van der Waals surface area contributed by atoms with E-state index in [1.54, 1.807) is 22.2 Å². The summed E-state index contributed by atoms with van der Waals surface area (Å²) in [6, 6.07) is 14.8. The predicted molar refractivity (Wildman–Crippen MR) is 119 cm³/mol. The molecule has 0 fully saturated rings. The lowest BCUT2D eigenvalue weighted by Gasteiger charge is -2.21.